The fraction of sp³-hybridized carbons (Fsp3) is 0.400. The van der Waals surface area contributed by atoms with E-state index in [2.05, 4.69) is 46.4 Å². The fourth-order valence-electron chi connectivity index (χ4n) is 6.26. The van der Waals surface area contributed by atoms with Gasteiger partial charge in [0.2, 0.25) is 5.91 Å². The molecule has 11 nitrogen and oxygen atoms in total. The van der Waals surface area contributed by atoms with Gasteiger partial charge in [-0.25, -0.2) is 9.97 Å². The first-order valence-electron chi connectivity index (χ1n) is 16.2. The first kappa shape index (κ1) is 31.4. The molecule has 6 rings (SSSR count). The Morgan fingerprint density at radius 2 is 1.83 bits per heavy atom. The van der Waals surface area contributed by atoms with Crippen molar-refractivity contribution < 1.29 is 9.59 Å². The van der Waals surface area contributed by atoms with Crippen molar-refractivity contribution in [1.29, 1.82) is 0 Å². The predicted molar refractivity (Wildman–Crippen MR) is 182 cm³/mol. The van der Waals surface area contributed by atoms with Gasteiger partial charge in [0.05, 0.1) is 5.39 Å². The lowest BCUT2D eigenvalue weighted by molar-refractivity contribution is -0.117. The third-order valence-corrected chi connectivity index (χ3v) is 8.57. The Bertz CT molecular complexity index is 1680. The summed E-state index contributed by atoms with van der Waals surface area (Å²) in [5.74, 6) is 0.679. The number of anilines is 2. The highest BCUT2D eigenvalue weighted by molar-refractivity contribution is 6.03. The van der Waals surface area contributed by atoms with Crippen LogP contribution in [0.4, 0.5) is 11.5 Å². The summed E-state index contributed by atoms with van der Waals surface area (Å²) in [6.45, 7) is 5.18. The number of nitrogens with zero attached hydrogens (tertiary/aromatic N) is 6. The van der Waals surface area contributed by atoms with E-state index >= 15 is 0 Å². The summed E-state index contributed by atoms with van der Waals surface area (Å²) in [7, 11) is 3.94. The molecule has 0 spiro atoms. The van der Waals surface area contributed by atoms with Crippen LogP contribution in [0.25, 0.3) is 22.3 Å². The van der Waals surface area contributed by atoms with Crippen LogP contribution in [0, 0.1) is 0 Å². The fourth-order valence-corrected chi connectivity index (χ4v) is 6.26. The van der Waals surface area contributed by atoms with Crippen molar-refractivity contribution in [2.45, 2.75) is 44.7 Å². The zero-order valence-corrected chi connectivity index (χ0v) is 26.7. The predicted octanol–water partition coefficient (Wildman–Crippen LogP) is 4.46. The van der Waals surface area contributed by atoms with Gasteiger partial charge < -0.3 is 25.4 Å². The lowest BCUT2D eigenvalue weighted by Gasteiger charge is -2.33. The van der Waals surface area contributed by atoms with Crippen LogP contribution in [-0.4, -0.2) is 94.4 Å². The summed E-state index contributed by atoms with van der Waals surface area (Å²) in [4.78, 5) is 49.0. The number of hydrogen-bond donors (Lipinski definition) is 3. The smallest absolute Gasteiger partial charge is 0.274 e. The average molecular weight is 622 g/mol. The molecule has 1 aromatic carbocycles. The van der Waals surface area contributed by atoms with E-state index in [9.17, 15) is 9.59 Å². The first-order chi connectivity index (χ1) is 22.4. The van der Waals surface area contributed by atoms with Crippen LogP contribution >= 0.6 is 0 Å². The maximum absolute atomic E-state index is 13.2. The molecule has 4 aromatic rings. The number of carbonyl (C=O) groups is 2. The van der Waals surface area contributed by atoms with Crippen LogP contribution in [0.1, 0.15) is 48.2 Å². The number of fused-ring (bicyclic) bond motifs is 1. The van der Waals surface area contributed by atoms with E-state index < -0.39 is 0 Å². The summed E-state index contributed by atoms with van der Waals surface area (Å²) >= 11 is 0. The van der Waals surface area contributed by atoms with Crippen LogP contribution in [-0.2, 0) is 11.3 Å². The number of likely N-dealkylation sites (N-methyl/N-ethyl adjacent to an activating group) is 1. The third-order valence-electron chi connectivity index (χ3n) is 8.57. The second-order valence-corrected chi connectivity index (χ2v) is 12.5. The van der Waals surface area contributed by atoms with Crippen molar-refractivity contribution in [3.63, 3.8) is 0 Å². The molecular formula is C35H43N9O2. The number of hydrogen-bond acceptors (Lipinski definition) is 8. The molecule has 2 fully saturated rings. The number of aromatic nitrogens is 4. The van der Waals surface area contributed by atoms with E-state index in [0.29, 0.717) is 17.9 Å². The van der Waals surface area contributed by atoms with Crippen molar-refractivity contribution in [2.24, 2.45) is 0 Å². The molecule has 0 radical (unpaired) electrons. The molecule has 1 unspecified atom stereocenters. The van der Waals surface area contributed by atoms with E-state index in [-0.39, 0.29) is 17.9 Å². The van der Waals surface area contributed by atoms with Crippen molar-refractivity contribution in [1.82, 2.24) is 35.1 Å². The SMILES string of the molecule is CN(C)C/C=C/C(=O)NC1CCCN(Cc2ccnc(C(=O)Nc3ccc(-c4cc5c(N6CCCCC6)ncnc5[nH]4)cc3)c2)C1. The van der Waals surface area contributed by atoms with Gasteiger partial charge in [-0.1, -0.05) is 18.2 Å². The maximum Gasteiger partial charge on any atom is 0.274 e. The average Bonchev–Trinajstić information content (AvgIpc) is 3.50. The van der Waals surface area contributed by atoms with Gasteiger partial charge in [-0.05, 0) is 94.2 Å². The van der Waals surface area contributed by atoms with Gasteiger partial charge in [0.15, 0.2) is 0 Å². The quantitative estimate of drug-likeness (QED) is 0.222. The van der Waals surface area contributed by atoms with E-state index in [0.717, 1.165) is 79.2 Å². The van der Waals surface area contributed by atoms with E-state index in [1.807, 2.05) is 61.5 Å². The Hall–Kier alpha value is -4.61. The molecule has 0 bridgehead atoms. The van der Waals surface area contributed by atoms with Crippen molar-refractivity contribution >= 4 is 34.4 Å². The lowest BCUT2D eigenvalue weighted by Crippen LogP contribution is -2.47. The van der Waals surface area contributed by atoms with Gasteiger partial charge in [0.1, 0.15) is 23.5 Å². The van der Waals surface area contributed by atoms with Crippen LogP contribution in [0.2, 0.25) is 0 Å². The molecule has 11 heteroatoms. The number of rotatable bonds is 10. The number of H-pyrrole nitrogens is 1. The largest absolute Gasteiger partial charge is 0.356 e. The number of likely N-dealkylation sites (tertiary alicyclic amines) is 1. The molecule has 2 aliphatic heterocycles. The normalized spacial score (nSPS) is 17.5. The Labute approximate surface area is 270 Å². The van der Waals surface area contributed by atoms with Gasteiger partial charge in [0, 0.05) is 62.4 Å². The maximum atomic E-state index is 13.2. The Morgan fingerprint density at radius 1 is 1.00 bits per heavy atom. The van der Waals surface area contributed by atoms with E-state index in [1.54, 1.807) is 18.6 Å². The number of carbonyl (C=O) groups excluding carboxylic acids is 2. The van der Waals surface area contributed by atoms with Crippen LogP contribution in [0.5, 0.6) is 0 Å². The molecule has 3 N–H and O–H groups in total. The summed E-state index contributed by atoms with van der Waals surface area (Å²) in [5.41, 5.74) is 4.86. The second kappa shape index (κ2) is 14.7. The standard InChI is InChI=1S/C35H43N9O2/c1-42(2)16-7-9-32(45)39-28-8-6-17-43(23-28)22-25-14-15-36-31(20-25)35(46)40-27-12-10-26(11-13-27)30-21-29-33(41-30)37-24-38-34(29)44-18-4-3-5-19-44/h7,9-15,20-21,24,28H,3-6,8,16-19,22-23H2,1-2H3,(H,39,45)(H,40,46)(H,37,38,41)/b9-7+. The molecule has 2 amide bonds. The zero-order valence-electron chi connectivity index (χ0n) is 26.7. The molecule has 46 heavy (non-hydrogen) atoms. The minimum absolute atomic E-state index is 0.0535. The monoisotopic (exact) mass is 621 g/mol. The van der Waals surface area contributed by atoms with Gasteiger partial charge in [-0.2, -0.15) is 0 Å². The van der Waals surface area contributed by atoms with Crippen LogP contribution < -0.4 is 15.5 Å². The number of amides is 2. The molecule has 240 valence electrons. The molecular weight excluding hydrogens is 578 g/mol. The number of piperidine rings is 2. The zero-order chi connectivity index (χ0) is 31.9. The van der Waals surface area contributed by atoms with Gasteiger partial charge in [-0.3, -0.25) is 19.5 Å². The Morgan fingerprint density at radius 3 is 2.63 bits per heavy atom. The van der Waals surface area contributed by atoms with E-state index in [4.69, 9.17) is 0 Å². The van der Waals surface area contributed by atoms with Crippen molar-refractivity contribution in [2.75, 3.05) is 57.0 Å². The number of benzene rings is 1. The first-order valence-corrected chi connectivity index (χ1v) is 16.2. The summed E-state index contributed by atoms with van der Waals surface area (Å²) < 4.78 is 0. The van der Waals surface area contributed by atoms with Gasteiger partial charge in [0.25, 0.3) is 5.91 Å². The molecule has 2 saturated heterocycles. The molecule has 2 aliphatic rings. The highest BCUT2D eigenvalue weighted by Crippen LogP contribution is 2.30. The Balaban J connectivity index is 1.05. The lowest BCUT2D eigenvalue weighted by atomic mass is 10.0. The minimum Gasteiger partial charge on any atom is -0.356 e. The number of pyridine rings is 1. The molecule has 5 heterocycles. The second-order valence-electron chi connectivity index (χ2n) is 12.5. The molecule has 0 saturated carbocycles. The molecule has 0 aliphatic carbocycles. The van der Waals surface area contributed by atoms with Crippen molar-refractivity contribution in [3.05, 3.63) is 78.4 Å². The minimum atomic E-state index is -0.255. The summed E-state index contributed by atoms with van der Waals surface area (Å²) in [6.07, 6.45) is 12.4. The molecule has 3 aromatic heterocycles. The summed E-state index contributed by atoms with van der Waals surface area (Å²) in [6, 6.07) is 13.8. The van der Waals surface area contributed by atoms with Gasteiger partial charge in [-0.15, -0.1) is 0 Å². The van der Waals surface area contributed by atoms with Gasteiger partial charge >= 0.3 is 0 Å². The molecule has 1 atom stereocenters. The highest BCUT2D eigenvalue weighted by atomic mass is 16.2. The van der Waals surface area contributed by atoms with Crippen molar-refractivity contribution in [3.8, 4) is 11.3 Å². The van der Waals surface area contributed by atoms with E-state index in [1.165, 1.54) is 19.3 Å². The summed E-state index contributed by atoms with van der Waals surface area (Å²) in [5, 5.41) is 7.15. The third kappa shape index (κ3) is 7.96. The number of aromatic amines is 1. The van der Waals surface area contributed by atoms with Crippen LogP contribution in [0.15, 0.2) is 67.1 Å². The topological polar surface area (TPSA) is 122 Å². The highest BCUT2D eigenvalue weighted by Gasteiger charge is 2.22. The number of nitrogens with one attached hydrogen (secondary N) is 3. The van der Waals surface area contributed by atoms with Crippen LogP contribution in [0.3, 0.4) is 0 Å². The Kier molecular flexibility index (Phi) is 10.00.